The molecule has 14 heavy (non-hydrogen) atoms. The van der Waals surface area contributed by atoms with E-state index < -0.39 is 0 Å². The van der Waals surface area contributed by atoms with Crippen LogP contribution in [0.25, 0.3) is 4.85 Å². The van der Waals surface area contributed by atoms with Gasteiger partial charge in [0.2, 0.25) is 5.91 Å². The van der Waals surface area contributed by atoms with Crippen molar-refractivity contribution in [1.82, 2.24) is 5.32 Å². The fourth-order valence-electron chi connectivity index (χ4n) is 1.23. The summed E-state index contributed by atoms with van der Waals surface area (Å²) >= 11 is 0. The van der Waals surface area contributed by atoms with E-state index >= 15 is 0 Å². The first-order valence-electron chi connectivity index (χ1n) is 4.38. The summed E-state index contributed by atoms with van der Waals surface area (Å²) in [4.78, 5) is 14.1. The van der Waals surface area contributed by atoms with E-state index in [0.717, 1.165) is 5.56 Å². The molecule has 0 aliphatic heterocycles. The number of hydrogen-bond acceptors (Lipinski definition) is 1. The first-order chi connectivity index (χ1) is 6.63. The lowest BCUT2D eigenvalue weighted by Crippen LogP contribution is -2.23. The van der Waals surface area contributed by atoms with Crippen LogP contribution in [0.4, 0.5) is 5.69 Å². The van der Waals surface area contributed by atoms with Crippen molar-refractivity contribution in [3.8, 4) is 0 Å². The molecule has 0 spiro atoms. The lowest BCUT2D eigenvalue weighted by Gasteiger charge is -2.12. The molecule has 0 bridgehead atoms. The Morgan fingerprint density at radius 1 is 1.43 bits per heavy atom. The maximum atomic E-state index is 10.8. The van der Waals surface area contributed by atoms with Crippen molar-refractivity contribution in [3.05, 3.63) is 41.2 Å². The van der Waals surface area contributed by atoms with Crippen LogP contribution in [0.3, 0.4) is 0 Å². The van der Waals surface area contributed by atoms with E-state index in [4.69, 9.17) is 6.57 Å². The van der Waals surface area contributed by atoms with E-state index in [-0.39, 0.29) is 11.9 Å². The highest BCUT2D eigenvalue weighted by molar-refractivity contribution is 5.73. The molecule has 3 nitrogen and oxygen atoms in total. The molecule has 1 amide bonds. The number of benzene rings is 1. The Morgan fingerprint density at radius 3 is 2.43 bits per heavy atom. The van der Waals surface area contributed by atoms with Gasteiger partial charge in [0.25, 0.3) is 0 Å². The molecule has 0 saturated carbocycles. The summed E-state index contributed by atoms with van der Waals surface area (Å²) in [5, 5.41) is 2.78. The van der Waals surface area contributed by atoms with Gasteiger partial charge in [0.05, 0.1) is 12.6 Å². The average molecular weight is 188 g/mol. The molecular weight excluding hydrogens is 176 g/mol. The van der Waals surface area contributed by atoms with Crippen LogP contribution in [0.1, 0.15) is 25.5 Å². The molecule has 0 fully saturated rings. The molecular formula is C11H12N2O. The SMILES string of the molecule is [C-]#[N+]c1ccc(C(C)NC(C)=O)cc1. The zero-order chi connectivity index (χ0) is 10.6. The first-order valence-corrected chi connectivity index (χ1v) is 4.38. The highest BCUT2D eigenvalue weighted by atomic mass is 16.1. The highest BCUT2D eigenvalue weighted by Crippen LogP contribution is 2.17. The van der Waals surface area contributed by atoms with Crippen LogP contribution >= 0.6 is 0 Å². The standard InChI is InChI=1S/C11H12N2O/c1-8(13-9(2)14)10-4-6-11(12-3)7-5-10/h4-8H,1-2H3,(H,13,14). The lowest BCUT2D eigenvalue weighted by atomic mass is 10.1. The molecule has 1 aromatic carbocycles. The topological polar surface area (TPSA) is 33.5 Å². The van der Waals surface area contributed by atoms with Gasteiger partial charge < -0.3 is 5.32 Å². The monoisotopic (exact) mass is 188 g/mol. The molecule has 0 aliphatic carbocycles. The van der Waals surface area contributed by atoms with Crippen molar-refractivity contribution in [2.24, 2.45) is 0 Å². The number of amides is 1. The minimum atomic E-state index is -0.0493. The molecule has 0 saturated heterocycles. The molecule has 1 aromatic rings. The summed E-state index contributed by atoms with van der Waals surface area (Å²) in [6.45, 7) is 10.2. The van der Waals surface area contributed by atoms with Gasteiger partial charge in [-0.1, -0.05) is 24.3 Å². The zero-order valence-electron chi connectivity index (χ0n) is 8.24. The molecule has 3 heteroatoms. The fraction of sp³-hybridized carbons (Fsp3) is 0.273. The van der Waals surface area contributed by atoms with Gasteiger partial charge in [-0.3, -0.25) is 4.79 Å². The number of nitrogens with zero attached hydrogens (tertiary/aromatic N) is 1. The number of carbonyl (C=O) groups is 1. The Morgan fingerprint density at radius 2 is 2.00 bits per heavy atom. The summed E-state index contributed by atoms with van der Waals surface area (Å²) in [6, 6.07) is 7.20. The molecule has 0 aromatic heterocycles. The number of rotatable bonds is 2. The Balaban J connectivity index is 2.77. The quantitative estimate of drug-likeness (QED) is 0.710. The smallest absolute Gasteiger partial charge is 0.217 e. The Kier molecular flexibility index (Phi) is 3.24. The predicted octanol–water partition coefficient (Wildman–Crippen LogP) is 2.43. The Bertz CT molecular complexity index is 362. The number of nitrogens with one attached hydrogen (secondary N) is 1. The van der Waals surface area contributed by atoms with Gasteiger partial charge in [0, 0.05) is 6.92 Å². The molecule has 1 N–H and O–H groups in total. The third kappa shape index (κ3) is 2.60. The third-order valence-corrected chi connectivity index (χ3v) is 1.94. The normalized spacial score (nSPS) is 11.5. The van der Waals surface area contributed by atoms with Gasteiger partial charge in [-0.2, -0.15) is 0 Å². The minimum absolute atomic E-state index is 0.00714. The molecule has 0 heterocycles. The van der Waals surface area contributed by atoms with E-state index in [1.54, 1.807) is 12.1 Å². The summed E-state index contributed by atoms with van der Waals surface area (Å²) in [7, 11) is 0. The molecule has 0 aliphatic rings. The minimum Gasteiger partial charge on any atom is -0.350 e. The second-order valence-corrected chi connectivity index (χ2v) is 3.13. The maximum absolute atomic E-state index is 10.8. The number of hydrogen-bond donors (Lipinski definition) is 1. The largest absolute Gasteiger partial charge is 0.350 e. The number of carbonyl (C=O) groups excluding carboxylic acids is 1. The Labute approximate surface area is 83.6 Å². The van der Waals surface area contributed by atoms with E-state index in [1.807, 2.05) is 19.1 Å². The molecule has 1 rings (SSSR count). The highest BCUT2D eigenvalue weighted by Gasteiger charge is 2.05. The molecule has 1 unspecified atom stereocenters. The van der Waals surface area contributed by atoms with E-state index in [0.29, 0.717) is 5.69 Å². The predicted molar refractivity (Wildman–Crippen MR) is 54.9 cm³/mol. The van der Waals surface area contributed by atoms with Gasteiger partial charge in [0.1, 0.15) is 0 Å². The van der Waals surface area contributed by atoms with Gasteiger partial charge >= 0.3 is 0 Å². The summed E-state index contributed by atoms with van der Waals surface area (Å²) in [5.41, 5.74) is 1.62. The molecule has 72 valence electrons. The van der Waals surface area contributed by atoms with Gasteiger partial charge in [-0.25, -0.2) is 4.85 Å². The van der Waals surface area contributed by atoms with Crippen molar-refractivity contribution in [3.63, 3.8) is 0 Å². The van der Waals surface area contributed by atoms with Crippen LogP contribution in [-0.4, -0.2) is 5.91 Å². The van der Waals surface area contributed by atoms with Crippen LogP contribution in [0.5, 0.6) is 0 Å². The van der Waals surface area contributed by atoms with Crippen molar-refractivity contribution in [2.75, 3.05) is 0 Å². The van der Waals surface area contributed by atoms with E-state index in [9.17, 15) is 4.79 Å². The lowest BCUT2D eigenvalue weighted by molar-refractivity contribution is -0.119. The van der Waals surface area contributed by atoms with E-state index in [2.05, 4.69) is 10.2 Å². The van der Waals surface area contributed by atoms with Crippen LogP contribution in [-0.2, 0) is 4.79 Å². The molecule has 1 atom stereocenters. The van der Waals surface area contributed by atoms with Gasteiger partial charge in [-0.15, -0.1) is 0 Å². The Hall–Kier alpha value is -1.82. The van der Waals surface area contributed by atoms with Crippen molar-refractivity contribution >= 4 is 11.6 Å². The zero-order valence-corrected chi connectivity index (χ0v) is 8.24. The van der Waals surface area contributed by atoms with Crippen LogP contribution in [0, 0.1) is 6.57 Å². The van der Waals surface area contributed by atoms with Gasteiger partial charge in [-0.05, 0) is 12.5 Å². The summed E-state index contributed by atoms with van der Waals surface area (Å²) in [5.74, 6) is -0.0493. The van der Waals surface area contributed by atoms with Crippen LogP contribution in [0.2, 0.25) is 0 Å². The van der Waals surface area contributed by atoms with Crippen molar-refractivity contribution in [1.29, 1.82) is 0 Å². The van der Waals surface area contributed by atoms with Crippen molar-refractivity contribution in [2.45, 2.75) is 19.9 Å². The molecule has 0 radical (unpaired) electrons. The summed E-state index contributed by atoms with van der Waals surface area (Å²) < 4.78 is 0. The fourth-order valence-corrected chi connectivity index (χ4v) is 1.23. The van der Waals surface area contributed by atoms with Crippen LogP contribution < -0.4 is 5.32 Å². The second kappa shape index (κ2) is 4.43. The second-order valence-electron chi connectivity index (χ2n) is 3.13. The third-order valence-electron chi connectivity index (χ3n) is 1.94. The first kappa shape index (κ1) is 10.3. The van der Waals surface area contributed by atoms with Gasteiger partial charge in [0.15, 0.2) is 5.69 Å². The maximum Gasteiger partial charge on any atom is 0.217 e. The van der Waals surface area contributed by atoms with Crippen LogP contribution in [0.15, 0.2) is 24.3 Å². The average Bonchev–Trinajstić information content (AvgIpc) is 2.17. The summed E-state index contributed by atoms with van der Waals surface area (Å²) in [6.07, 6.45) is 0. The van der Waals surface area contributed by atoms with E-state index in [1.165, 1.54) is 6.92 Å². The van der Waals surface area contributed by atoms with Crippen molar-refractivity contribution < 1.29 is 4.79 Å².